The zero-order valence-corrected chi connectivity index (χ0v) is 10.9. The second kappa shape index (κ2) is 6.63. The summed E-state index contributed by atoms with van der Waals surface area (Å²) in [5, 5.41) is 2.71. The highest BCUT2D eigenvalue weighted by Gasteiger charge is 2.19. The first-order valence-electron chi connectivity index (χ1n) is 6.65. The molecule has 0 radical (unpaired) electrons. The Morgan fingerprint density at radius 2 is 2.16 bits per heavy atom. The molecular formula is C14H20FN3O. The van der Waals surface area contributed by atoms with E-state index in [1.807, 2.05) is 0 Å². The molecule has 0 aliphatic carbocycles. The summed E-state index contributed by atoms with van der Waals surface area (Å²) in [6.45, 7) is 2.88. The molecule has 104 valence electrons. The van der Waals surface area contributed by atoms with Gasteiger partial charge in [0.15, 0.2) is 0 Å². The van der Waals surface area contributed by atoms with E-state index in [9.17, 15) is 9.18 Å². The largest absolute Gasteiger partial charge is 0.330 e. The van der Waals surface area contributed by atoms with Crippen molar-refractivity contribution in [3.63, 3.8) is 0 Å². The maximum Gasteiger partial charge on any atom is 0.238 e. The van der Waals surface area contributed by atoms with Crippen molar-refractivity contribution in [2.45, 2.75) is 12.8 Å². The van der Waals surface area contributed by atoms with Gasteiger partial charge in [-0.1, -0.05) is 6.07 Å². The lowest BCUT2D eigenvalue weighted by molar-refractivity contribution is -0.117. The molecule has 1 aliphatic heterocycles. The number of carbonyl (C=O) groups is 1. The molecule has 2 rings (SSSR count). The number of hydrogen-bond acceptors (Lipinski definition) is 3. The maximum absolute atomic E-state index is 13.0. The van der Waals surface area contributed by atoms with Crippen molar-refractivity contribution in [3.05, 3.63) is 30.1 Å². The van der Waals surface area contributed by atoms with E-state index in [2.05, 4.69) is 10.2 Å². The van der Waals surface area contributed by atoms with Crippen LogP contribution in [0.3, 0.4) is 0 Å². The van der Waals surface area contributed by atoms with Crippen LogP contribution in [0.4, 0.5) is 10.1 Å². The minimum absolute atomic E-state index is 0.100. The van der Waals surface area contributed by atoms with E-state index in [1.54, 1.807) is 12.1 Å². The molecule has 1 heterocycles. The first-order valence-corrected chi connectivity index (χ1v) is 6.65. The van der Waals surface area contributed by atoms with E-state index in [0.717, 1.165) is 32.5 Å². The van der Waals surface area contributed by atoms with E-state index in [1.165, 1.54) is 12.1 Å². The molecule has 0 unspecified atom stereocenters. The Hall–Kier alpha value is -1.46. The van der Waals surface area contributed by atoms with Gasteiger partial charge in [-0.05, 0) is 56.6 Å². The highest BCUT2D eigenvalue weighted by atomic mass is 19.1. The smallest absolute Gasteiger partial charge is 0.238 e. The van der Waals surface area contributed by atoms with E-state index < -0.39 is 0 Å². The van der Waals surface area contributed by atoms with Crippen LogP contribution in [-0.2, 0) is 4.79 Å². The van der Waals surface area contributed by atoms with Gasteiger partial charge in [0, 0.05) is 5.69 Å². The second-order valence-corrected chi connectivity index (χ2v) is 5.01. The Labute approximate surface area is 112 Å². The summed E-state index contributed by atoms with van der Waals surface area (Å²) in [6, 6.07) is 5.94. The van der Waals surface area contributed by atoms with Crippen molar-refractivity contribution < 1.29 is 9.18 Å². The van der Waals surface area contributed by atoms with Crippen LogP contribution < -0.4 is 11.1 Å². The fourth-order valence-electron chi connectivity index (χ4n) is 2.35. The van der Waals surface area contributed by atoms with Crippen molar-refractivity contribution in [3.8, 4) is 0 Å². The third-order valence-electron chi connectivity index (χ3n) is 3.52. The molecule has 3 N–H and O–H groups in total. The van der Waals surface area contributed by atoms with Gasteiger partial charge in [0.05, 0.1) is 6.54 Å². The van der Waals surface area contributed by atoms with Gasteiger partial charge in [0.2, 0.25) is 5.91 Å². The molecule has 0 saturated carbocycles. The van der Waals surface area contributed by atoms with Crippen LogP contribution in [0.25, 0.3) is 0 Å². The third-order valence-corrected chi connectivity index (χ3v) is 3.52. The number of hydrogen-bond donors (Lipinski definition) is 2. The Morgan fingerprint density at radius 1 is 1.42 bits per heavy atom. The topological polar surface area (TPSA) is 58.4 Å². The number of nitrogens with two attached hydrogens (primary N) is 1. The van der Waals surface area contributed by atoms with Gasteiger partial charge in [-0.15, -0.1) is 0 Å². The zero-order valence-electron chi connectivity index (χ0n) is 10.9. The Balaban J connectivity index is 1.79. The lowest BCUT2D eigenvalue weighted by Gasteiger charge is -2.30. The Kier molecular flexibility index (Phi) is 4.87. The number of nitrogens with zero attached hydrogens (tertiary/aromatic N) is 1. The predicted molar refractivity (Wildman–Crippen MR) is 73.2 cm³/mol. The van der Waals surface area contributed by atoms with Crippen molar-refractivity contribution in [1.29, 1.82) is 0 Å². The van der Waals surface area contributed by atoms with Crippen molar-refractivity contribution in [1.82, 2.24) is 4.90 Å². The van der Waals surface area contributed by atoms with E-state index in [-0.39, 0.29) is 11.7 Å². The highest BCUT2D eigenvalue weighted by molar-refractivity contribution is 5.92. The number of benzene rings is 1. The van der Waals surface area contributed by atoms with Crippen molar-refractivity contribution >= 4 is 11.6 Å². The zero-order chi connectivity index (χ0) is 13.7. The number of carbonyl (C=O) groups excluding carboxylic acids is 1. The number of piperidine rings is 1. The van der Waals surface area contributed by atoms with E-state index >= 15 is 0 Å². The molecule has 1 aromatic carbocycles. The van der Waals surface area contributed by atoms with Gasteiger partial charge in [-0.3, -0.25) is 9.69 Å². The Bertz CT molecular complexity index is 430. The minimum Gasteiger partial charge on any atom is -0.330 e. The fourth-order valence-corrected chi connectivity index (χ4v) is 2.35. The third kappa shape index (κ3) is 4.29. The molecule has 1 aliphatic rings. The van der Waals surface area contributed by atoms with Gasteiger partial charge in [0.1, 0.15) is 5.82 Å². The van der Waals surface area contributed by atoms with Crippen LogP contribution in [0.15, 0.2) is 24.3 Å². The first-order chi connectivity index (χ1) is 9.17. The second-order valence-electron chi connectivity index (χ2n) is 5.01. The normalized spacial score (nSPS) is 17.4. The van der Waals surface area contributed by atoms with Crippen LogP contribution in [0.1, 0.15) is 12.8 Å². The average molecular weight is 265 g/mol. The molecule has 1 aromatic rings. The number of halogens is 1. The summed E-state index contributed by atoms with van der Waals surface area (Å²) in [5.74, 6) is 0.140. The summed E-state index contributed by atoms with van der Waals surface area (Å²) in [7, 11) is 0. The summed E-state index contributed by atoms with van der Waals surface area (Å²) < 4.78 is 13.0. The van der Waals surface area contributed by atoms with Gasteiger partial charge in [0.25, 0.3) is 0 Å². The first kappa shape index (κ1) is 14.0. The predicted octanol–water partition coefficient (Wildman–Crippen LogP) is 1.43. The van der Waals surface area contributed by atoms with Crippen molar-refractivity contribution in [2.24, 2.45) is 11.7 Å². The van der Waals surface area contributed by atoms with E-state index in [4.69, 9.17) is 5.73 Å². The monoisotopic (exact) mass is 265 g/mol. The summed E-state index contributed by atoms with van der Waals surface area (Å²) in [4.78, 5) is 14.0. The standard InChI is InChI=1S/C14H20FN3O/c15-12-2-1-3-13(8-12)17-14(19)10-18-6-4-11(9-16)5-7-18/h1-3,8,11H,4-7,9-10,16H2,(H,17,19). The minimum atomic E-state index is -0.346. The number of nitrogens with one attached hydrogen (secondary N) is 1. The van der Waals surface area contributed by atoms with Crippen molar-refractivity contribution in [2.75, 3.05) is 31.5 Å². The van der Waals surface area contributed by atoms with Crippen LogP contribution in [-0.4, -0.2) is 37.0 Å². The number of rotatable bonds is 4. The Morgan fingerprint density at radius 3 is 2.79 bits per heavy atom. The van der Waals surface area contributed by atoms with Gasteiger partial charge < -0.3 is 11.1 Å². The number of likely N-dealkylation sites (tertiary alicyclic amines) is 1. The molecule has 5 heteroatoms. The number of anilines is 1. The molecular weight excluding hydrogens is 245 g/mol. The summed E-state index contributed by atoms with van der Waals surface area (Å²) >= 11 is 0. The molecule has 1 saturated heterocycles. The van der Waals surface area contributed by atoms with Crippen LogP contribution in [0, 0.1) is 11.7 Å². The summed E-state index contributed by atoms with van der Waals surface area (Å²) in [5.41, 5.74) is 6.13. The molecule has 4 nitrogen and oxygen atoms in total. The van der Waals surface area contributed by atoms with Gasteiger partial charge in [-0.25, -0.2) is 4.39 Å². The van der Waals surface area contributed by atoms with Gasteiger partial charge >= 0.3 is 0 Å². The molecule has 0 atom stereocenters. The highest BCUT2D eigenvalue weighted by Crippen LogP contribution is 2.15. The lowest BCUT2D eigenvalue weighted by atomic mass is 9.97. The number of amides is 1. The average Bonchev–Trinajstić information content (AvgIpc) is 2.39. The molecule has 1 amide bonds. The molecule has 0 bridgehead atoms. The SMILES string of the molecule is NCC1CCN(CC(=O)Nc2cccc(F)c2)CC1. The maximum atomic E-state index is 13.0. The van der Waals surface area contributed by atoms with Crippen LogP contribution in [0.5, 0.6) is 0 Å². The van der Waals surface area contributed by atoms with Gasteiger partial charge in [-0.2, -0.15) is 0 Å². The van der Waals surface area contributed by atoms with Crippen LogP contribution >= 0.6 is 0 Å². The summed E-state index contributed by atoms with van der Waals surface area (Å²) in [6.07, 6.45) is 2.09. The molecule has 1 fully saturated rings. The molecule has 0 aromatic heterocycles. The van der Waals surface area contributed by atoms with Crippen LogP contribution in [0.2, 0.25) is 0 Å². The molecule has 19 heavy (non-hydrogen) atoms. The lowest BCUT2D eigenvalue weighted by Crippen LogP contribution is -2.40. The quantitative estimate of drug-likeness (QED) is 0.866. The van der Waals surface area contributed by atoms with E-state index in [0.29, 0.717) is 18.2 Å². The fraction of sp³-hybridized carbons (Fsp3) is 0.500. The molecule has 0 spiro atoms.